The first kappa shape index (κ1) is 17.9. The summed E-state index contributed by atoms with van der Waals surface area (Å²) in [5.74, 6) is 0.141. The third-order valence-corrected chi connectivity index (χ3v) is 3.42. The number of carbonyl (C=O) groups excluding carboxylic acids is 1. The largest absolute Gasteiger partial charge is 0.504 e. The monoisotopic (exact) mass is 363 g/mol. The molecule has 0 saturated heterocycles. The van der Waals surface area contributed by atoms with E-state index in [0.29, 0.717) is 21.5 Å². The van der Waals surface area contributed by atoms with Gasteiger partial charge in [0, 0.05) is 22.9 Å². The van der Waals surface area contributed by atoms with Crippen LogP contribution in [0.4, 0.5) is 5.69 Å². The second-order valence-electron chi connectivity index (χ2n) is 4.73. The topological polar surface area (TPSA) is 58.6 Å². The fourth-order valence-corrected chi connectivity index (χ4v) is 2.24. The second-order valence-corrected chi connectivity index (χ2v) is 5.58. The summed E-state index contributed by atoms with van der Waals surface area (Å²) in [7, 11) is 0. The van der Waals surface area contributed by atoms with Crippen molar-refractivity contribution in [1.29, 1.82) is 0 Å². The van der Waals surface area contributed by atoms with E-state index in [1.54, 1.807) is 36.4 Å². The molecule has 124 valence electrons. The molecular formula is C18H15Cl2NO3. The molecule has 0 aromatic heterocycles. The van der Waals surface area contributed by atoms with E-state index in [-0.39, 0.29) is 17.4 Å². The SMILES string of the molecule is C/C=C/C=C/C(=O)Nc1ccc(Oc2ccc(Cl)cc2Cl)c(O)c1. The van der Waals surface area contributed by atoms with Crippen LogP contribution in [0.1, 0.15) is 6.92 Å². The van der Waals surface area contributed by atoms with Gasteiger partial charge in [-0.1, -0.05) is 41.4 Å². The molecule has 0 bridgehead atoms. The van der Waals surface area contributed by atoms with Crippen molar-refractivity contribution in [3.8, 4) is 17.2 Å². The van der Waals surface area contributed by atoms with E-state index in [0.717, 1.165) is 0 Å². The van der Waals surface area contributed by atoms with Gasteiger partial charge in [0.1, 0.15) is 5.75 Å². The van der Waals surface area contributed by atoms with Crippen LogP contribution >= 0.6 is 23.2 Å². The molecule has 0 fully saturated rings. The fourth-order valence-electron chi connectivity index (χ4n) is 1.80. The van der Waals surface area contributed by atoms with Crippen molar-refractivity contribution < 1.29 is 14.6 Å². The highest BCUT2D eigenvalue weighted by Crippen LogP contribution is 2.36. The number of phenols is 1. The van der Waals surface area contributed by atoms with Crippen LogP contribution < -0.4 is 10.1 Å². The molecule has 24 heavy (non-hydrogen) atoms. The minimum absolute atomic E-state index is 0.128. The zero-order chi connectivity index (χ0) is 17.5. The number of rotatable bonds is 5. The number of hydrogen-bond donors (Lipinski definition) is 2. The molecule has 6 heteroatoms. The van der Waals surface area contributed by atoms with Crippen LogP contribution in [0.15, 0.2) is 60.7 Å². The van der Waals surface area contributed by atoms with Gasteiger partial charge in [0.15, 0.2) is 11.5 Å². The number of phenolic OH excluding ortho intramolecular Hbond substituents is 1. The number of ether oxygens (including phenoxy) is 1. The van der Waals surface area contributed by atoms with E-state index in [1.807, 2.05) is 13.0 Å². The minimum Gasteiger partial charge on any atom is -0.504 e. The number of benzene rings is 2. The summed E-state index contributed by atoms with van der Waals surface area (Å²) in [5, 5.41) is 13.5. The van der Waals surface area contributed by atoms with Crippen LogP contribution in [0, 0.1) is 0 Å². The second kappa shape index (κ2) is 8.43. The van der Waals surface area contributed by atoms with E-state index >= 15 is 0 Å². The molecule has 4 nitrogen and oxygen atoms in total. The number of carbonyl (C=O) groups is 1. The summed E-state index contributed by atoms with van der Waals surface area (Å²) in [6.07, 6.45) is 6.55. The molecule has 0 radical (unpaired) electrons. The molecular weight excluding hydrogens is 349 g/mol. The van der Waals surface area contributed by atoms with Crippen LogP contribution in [-0.2, 0) is 4.79 Å². The van der Waals surface area contributed by atoms with E-state index < -0.39 is 0 Å². The summed E-state index contributed by atoms with van der Waals surface area (Å²) >= 11 is 11.9. The lowest BCUT2D eigenvalue weighted by molar-refractivity contribution is -0.111. The number of nitrogens with one attached hydrogen (secondary N) is 1. The molecule has 0 aliphatic heterocycles. The minimum atomic E-state index is -0.304. The van der Waals surface area contributed by atoms with Crippen molar-refractivity contribution in [3.63, 3.8) is 0 Å². The molecule has 0 atom stereocenters. The van der Waals surface area contributed by atoms with Gasteiger partial charge in [0.2, 0.25) is 5.91 Å². The lowest BCUT2D eigenvalue weighted by Crippen LogP contribution is -2.07. The van der Waals surface area contributed by atoms with Gasteiger partial charge >= 0.3 is 0 Å². The Morgan fingerprint density at radius 3 is 2.54 bits per heavy atom. The van der Waals surface area contributed by atoms with Gasteiger partial charge in [-0.15, -0.1) is 0 Å². The first-order valence-electron chi connectivity index (χ1n) is 7.06. The average molecular weight is 364 g/mol. The van der Waals surface area contributed by atoms with Crippen LogP contribution in [0.3, 0.4) is 0 Å². The van der Waals surface area contributed by atoms with Crippen LogP contribution in [0.25, 0.3) is 0 Å². The standard InChI is InChI=1S/C18H15Cl2NO3/c1-2-3-4-5-18(23)21-13-7-9-17(15(22)11-13)24-16-8-6-12(19)10-14(16)20/h2-11,22H,1H3,(H,21,23)/b3-2+,5-4+. The highest BCUT2D eigenvalue weighted by molar-refractivity contribution is 6.35. The summed E-state index contributed by atoms with van der Waals surface area (Å²) in [6, 6.07) is 9.31. The molecule has 0 aliphatic carbocycles. The normalized spacial score (nSPS) is 11.1. The van der Waals surface area contributed by atoms with Crippen LogP contribution in [-0.4, -0.2) is 11.0 Å². The first-order chi connectivity index (χ1) is 11.5. The van der Waals surface area contributed by atoms with E-state index in [9.17, 15) is 9.90 Å². The molecule has 1 amide bonds. The Kier molecular flexibility index (Phi) is 6.29. The number of halogens is 2. The molecule has 2 aromatic carbocycles. The Bertz CT molecular complexity index is 801. The smallest absolute Gasteiger partial charge is 0.248 e. The van der Waals surface area contributed by atoms with Crippen molar-refractivity contribution >= 4 is 34.8 Å². The molecule has 2 N–H and O–H groups in total. The quantitative estimate of drug-likeness (QED) is 0.539. The summed E-state index contributed by atoms with van der Waals surface area (Å²) in [5.41, 5.74) is 0.442. The predicted molar refractivity (Wildman–Crippen MR) is 97.2 cm³/mol. The van der Waals surface area contributed by atoms with Crippen molar-refractivity contribution in [2.75, 3.05) is 5.32 Å². The number of aromatic hydroxyl groups is 1. The van der Waals surface area contributed by atoms with Crippen molar-refractivity contribution in [1.82, 2.24) is 0 Å². The Hall–Kier alpha value is -2.43. The van der Waals surface area contributed by atoms with Crippen molar-refractivity contribution in [3.05, 3.63) is 70.7 Å². The molecule has 0 unspecified atom stereocenters. The number of amides is 1. The fraction of sp³-hybridized carbons (Fsp3) is 0.0556. The van der Waals surface area contributed by atoms with Crippen molar-refractivity contribution in [2.24, 2.45) is 0 Å². The highest BCUT2D eigenvalue weighted by atomic mass is 35.5. The zero-order valence-electron chi connectivity index (χ0n) is 12.8. The van der Waals surface area contributed by atoms with Gasteiger partial charge in [-0.05, 0) is 37.3 Å². The zero-order valence-corrected chi connectivity index (χ0v) is 14.3. The lowest BCUT2D eigenvalue weighted by atomic mass is 10.2. The maximum absolute atomic E-state index is 11.7. The van der Waals surface area contributed by atoms with Gasteiger partial charge in [-0.25, -0.2) is 0 Å². The predicted octanol–water partition coefficient (Wildman–Crippen LogP) is 5.56. The van der Waals surface area contributed by atoms with Gasteiger partial charge in [-0.2, -0.15) is 0 Å². The lowest BCUT2D eigenvalue weighted by Gasteiger charge is -2.11. The first-order valence-corrected chi connectivity index (χ1v) is 7.81. The van der Waals surface area contributed by atoms with E-state index in [1.165, 1.54) is 18.2 Å². The van der Waals surface area contributed by atoms with Crippen molar-refractivity contribution in [2.45, 2.75) is 6.92 Å². The maximum atomic E-state index is 11.7. The molecule has 0 heterocycles. The number of allylic oxidation sites excluding steroid dienone is 3. The summed E-state index contributed by atoms with van der Waals surface area (Å²) in [6.45, 7) is 1.85. The third kappa shape index (κ3) is 5.05. The maximum Gasteiger partial charge on any atom is 0.248 e. The summed E-state index contributed by atoms with van der Waals surface area (Å²) in [4.78, 5) is 11.7. The molecule has 0 aliphatic rings. The summed E-state index contributed by atoms with van der Waals surface area (Å²) < 4.78 is 5.56. The van der Waals surface area contributed by atoms with Crippen LogP contribution in [0.5, 0.6) is 17.2 Å². The van der Waals surface area contributed by atoms with Gasteiger partial charge < -0.3 is 15.2 Å². The molecule has 0 saturated carbocycles. The molecule has 2 rings (SSSR count). The van der Waals surface area contributed by atoms with Gasteiger partial charge in [-0.3, -0.25) is 4.79 Å². The highest BCUT2D eigenvalue weighted by Gasteiger charge is 2.09. The number of hydrogen-bond acceptors (Lipinski definition) is 3. The number of anilines is 1. The Labute approximate surface area is 150 Å². The Morgan fingerprint density at radius 1 is 1.12 bits per heavy atom. The van der Waals surface area contributed by atoms with Crippen LogP contribution in [0.2, 0.25) is 10.0 Å². The molecule has 2 aromatic rings. The van der Waals surface area contributed by atoms with E-state index in [4.69, 9.17) is 27.9 Å². The Morgan fingerprint density at radius 2 is 1.88 bits per heavy atom. The average Bonchev–Trinajstić information content (AvgIpc) is 2.52. The van der Waals surface area contributed by atoms with Gasteiger partial charge in [0.25, 0.3) is 0 Å². The third-order valence-electron chi connectivity index (χ3n) is 2.89. The van der Waals surface area contributed by atoms with E-state index in [2.05, 4.69) is 5.32 Å². The Balaban J connectivity index is 2.10. The van der Waals surface area contributed by atoms with Gasteiger partial charge in [0.05, 0.1) is 5.02 Å². The molecule has 0 spiro atoms.